The van der Waals surface area contributed by atoms with E-state index in [1.54, 1.807) is 16.7 Å². The molecule has 2 aliphatic heterocycles. The predicted molar refractivity (Wildman–Crippen MR) is 106 cm³/mol. The molecule has 29 heavy (non-hydrogen) atoms. The molecule has 0 bridgehead atoms. The number of anilines is 1. The molecule has 2 aromatic carbocycles. The van der Waals surface area contributed by atoms with Crippen molar-refractivity contribution in [2.24, 2.45) is 5.73 Å². The van der Waals surface area contributed by atoms with Crippen LogP contribution in [-0.2, 0) is 0 Å². The lowest BCUT2D eigenvalue weighted by atomic mass is 10.1. The lowest BCUT2D eigenvalue weighted by Crippen LogP contribution is -2.28. The van der Waals surface area contributed by atoms with Crippen LogP contribution in [-0.4, -0.2) is 34.8 Å². The first-order chi connectivity index (χ1) is 13.8. The van der Waals surface area contributed by atoms with Gasteiger partial charge in [-0.3, -0.25) is 4.79 Å². The normalized spacial score (nSPS) is 17.3. The number of rotatable bonds is 2. The van der Waals surface area contributed by atoms with E-state index in [-0.39, 0.29) is 22.9 Å². The van der Waals surface area contributed by atoms with Crippen molar-refractivity contribution >= 4 is 22.6 Å². The molecule has 3 N–H and O–H groups in total. The fraction of sp³-hybridized carbons (Fsp3) is 0.238. The van der Waals surface area contributed by atoms with Crippen LogP contribution in [0.3, 0.4) is 0 Å². The summed E-state index contributed by atoms with van der Waals surface area (Å²) in [5.74, 6) is -1.32. The number of hydrogen-bond donors (Lipinski definition) is 2. The Bertz CT molecular complexity index is 1270. The van der Waals surface area contributed by atoms with Gasteiger partial charge in [0.05, 0.1) is 11.1 Å². The molecule has 0 saturated carbocycles. The molecule has 3 aromatic rings. The lowest BCUT2D eigenvalue weighted by molar-refractivity contribution is 0.0695. The van der Waals surface area contributed by atoms with Gasteiger partial charge in [0.1, 0.15) is 16.8 Å². The molecule has 1 saturated heterocycles. The van der Waals surface area contributed by atoms with E-state index in [1.807, 2.05) is 17.9 Å². The number of aromatic carboxylic acids is 1. The van der Waals surface area contributed by atoms with Crippen LogP contribution in [0.4, 0.5) is 10.1 Å². The van der Waals surface area contributed by atoms with Gasteiger partial charge in [-0.2, -0.15) is 0 Å². The SMILES string of the molecule is Cc1ccc2c(c1)Oc1c(N3CCC(N)C3)c(F)cc3c(=O)c(C(=O)O)cn-2c13. The highest BCUT2D eigenvalue weighted by Gasteiger charge is 2.32. The van der Waals surface area contributed by atoms with Crippen LogP contribution in [0.5, 0.6) is 11.5 Å². The van der Waals surface area contributed by atoms with Gasteiger partial charge in [-0.15, -0.1) is 0 Å². The topological polar surface area (TPSA) is 97.8 Å². The number of ether oxygens (including phenoxy) is 1. The van der Waals surface area contributed by atoms with E-state index < -0.39 is 22.8 Å². The second-order valence-electron chi connectivity index (χ2n) is 7.55. The van der Waals surface area contributed by atoms with Gasteiger partial charge in [-0.05, 0) is 37.1 Å². The summed E-state index contributed by atoms with van der Waals surface area (Å²) in [5.41, 5.74) is 6.96. The molecule has 1 unspecified atom stereocenters. The number of nitrogens with two attached hydrogens (primary N) is 1. The second-order valence-corrected chi connectivity index (χ2v) is 7.55. The maximum absolute atomic E-state index is 15.2. The number of nitrogens with zero attached hydrogens (tertiary/aromatic N) is 2. The standard InChI is InChI=1S/C21H18FN3O4/c1-10-2-3-15-16(6-10)29-20-17-12(19(26)13(21(27)28)9-25(15)17)7-14(22)18(20)24-5-4-11(23)8-24/h2-3,6-7,9,11H,4-5,8,23H2,1H3,(H,27,28). The van der Waals surface area contributed by atoms with Crippen LogP contribution in [0, 0.1) is 12.7 Å². The molecule has 2 aliphatic rings. The number of aryl methyl sites for hydroxylation is 1. The number of benzene rings is 2. The molecule has 3 heterocycles. The zero-order valence-corrected chi connectivity index (χ0v) is 15.6. The molecule has 0 spiro atoms. The smallest absolute Gasteiger partial charge is 0.341 e. The van der Waals surface area contributed by atoms with Gasteiger partial charge in [0.25, 0.3) is 0 Å². The minimum absolute atomic E-state index is 0.0316. The third-order valence-electron chi connectivity index (χ3n) is 5.53. The van der Waals surface area contributed by atoms with Crippen LogP contribution < -0.4 is 20.8 Å². The Morgan fingerprint density at radius 2 is 2.14 bits per heavy atom. The van der Waals surface area contributed by atoms with E-state index in [0.717, 1.165) is 18.1 Å². The summed E-state index contributed by atoms with van der Waals surface area (Å²) < 4.78 is 22.9. The van der Waals surface area contributed by atoms with Gasteiger partial charge in [-0.1, -0.05) is 6.07 Å². The van der Waals surface area contributed by atoms with E-state index in [1.165, 1.54) is 6.20 Å². The number of carboxylic acid groups (broad SMARTS) is 1. The van der Waals surface area contributed by atoms with Crippen LogP contribution in [0.15, 0.2) is 35.3 Å². The molecule has 148 valence electrons. The average Bonchev–Trinajstić information content (AvgIpc) is 3.08. The Morgan fingerprint density at radius 1 is 1.34 bits per heavy atom. The Kier molecular flexibility index (Phi) is 3.69. The molecule has 0 aliphatic carbocycles. The molecule has 5 rings (SSSR count). The molecule has 0 amide bonds. The first-order valence-electron chi connectivity index (χ1n) is 9.29. The van der Waals surface area contributed by atoms with E-state index >= 15 is 4.39 Å². The van der Waals surface area contributed by atoms with Crippen molar-refractivity contribution in [1.29, 1.82) is 0 Å². The highest BCUT2D eigenvalue weighted by Crippen LogP contribution is 2.47. The molecule has 1 atom stereocenters. The van der Waals surface area contributed by atoms with Crippen LogP contribution >= 0.6 is 0 Å². The number of fused-ring (bicyclic) bond motifs is 2. The van der Waals surface area contributed by atoms with Gasteiger partial charge < -0.3 is 25.0 Å². The summed E-state index contributed by atoms with van der Waals surface area (Å²) in [6.45, 7) is 2.93. The van der Waals surface area contributed by atoms with Crippen LogP contribution in [0.2, 0.25) is 0 Å². The number of carbonyl (C=O) groups is 1. The van der Waals surface area contributed by atoms with Crippen molar-refractivity contribution in [2.75, 3.05) is 18.0 Å². The molecule has 1 aromatic heterocycles. The monoisotopic (exact) mass is 395 g/mol. The fourth-order valence-corrected chi connectivity index (χ4v) is 4.15. The maximum Gasteiger partial charge on any atom is 0.341 e. The van der Waals surface area contributed by atoms with Crippen molar-refractivity contribution < 1.29 is 19.0 Å². The largest absolute Gasteiger partial charge is 0.477 e. The number of aromatic nitrogens is 1. The summed E-state index contributed by atoms with van der Waals surface area (Å²) in [7, 11) is 0. The van der Waals surface area contributed by atoms with Gasteiger partial charge in [0.15, 0.2) is 17.3 Å². The van der Waals surface area contributed by atoms with Gasteiger partial charge in [0, 0.05) is 25.3 Å². The quantitative estimate of drug-likeness (QED) is 0.542. The van der Waals surface area contributed by atoms with E-state index in [4.69, 9.17) is 10.5 Å². The highest BCUT2D eigenvalue weighted by molar-refractivity contribution is 5.99. The molecular weight excluding hydrogens is 377 g/mol. The average molecular weight is 395 g/mol. The number of halogens is 1. The summed E-state index contributed by atoms with van der Waals surface area (Å²) in [4.78, 5) is 26.2. The number of carboxylic acids is 1. The molecular formula is C21H18FN3O4. The van der Waals surface area contributed by atoms with Gasteiger partial charge >= 0.3 is 5.97 Å². The zero-order valence-electron chi connectivity index (χ0n) is 15.6. The lowest BCUT2D eigenvalue weighted by Gasteiger charge is -2.29. The van der Waals surface area contributed by atoms with Crippen molar-refractivity contribution in [1.82, 2.24) is 4.57 Å². The van der Waals surface area contributed by atoms with Crippen molar-refractivity contribution in [3.8, 4) is 17.2 Å². The maximum atomic E-state index is 15.2. The highest BCUT2D eigenvalue weighted by atomic mass is 19.1. The molecule has 8 heteroatoms. The fourth-order valence-electron chi connectivity index (χ4n) is 4.15. The first kappa shape index (κ1) is 17.7. The third-order valence-corrected chi connectivity index (χ3v) is 5.53. The predicted octanol–water partition coefficient (Wildman–Crippen LogP) is 2.78. The minimum atomic E-state index is -1.36. The van der Waals surface area contributed by atoms with Crippen molar-refractivity contribution in [3.05, 3.63) is 57.6 Å². The minimum Gasteiger partial charge on any atom is -0.477 e. The van der Waals surface area contributed by atoms with E-state index in [2.05, 4.69) is 0 Å². The second kappa shape index (κ2) is 6.05. The third kappa shape index (κ3) is 2.52. The summed E-state index contributed by atoms with van der Waals surface area (Å²) >= 11 is 0. The number of pyridine rings is 1. The van der Waals surface area contributed by atoms with Crippen LogP contribution in [0.25, 0.3) is 16.6 Å². The van der Waals surface area contributed by atoms with Crippen molar-refractivity contribution in [2.45, 2.75) is 19.4 Å². The summed E-state index contributed by atoms with van der Waals surface area (Å²) in [6, 6.07) is 6.48. The Balaban J connectivity index is 1.91. The molecule has 0 radical (unpaired) electrons. The van der Waals surface area contributed by atoms with Gasteiger partial charge in [-0.25, -0.2) is 9.18 Å². The molecule has 1 fully saturated rings. The molecule has 7 nitrogen and oxygen atoms in total. The Labute approximate surface area is 164 Å². The zero-order chi connectivity index (χ0) is 20.4. The van der Waals surface area contributed by atoms with Crippen LogP contribution in [0.1, 0.15) is 22.3 Å². The van der Waals surface area contributed by atoms with Gasteiger partial charge in [0.2, 0.25) is 5.43 Å². The van der Waals surface area contributed by atoms with E-state index in [9.17, 15) is 14.7 Å². The summed E-state index contributed by atoms with van der Waals surface area (Å²) in [5, 5.41) is 9.46. The summed E-state index contributed by atoms with van der Waals surface area (Å²) in [6.07, 6.45) is 2.00. The number of hydrogen-bond acceptors (Lipinski definition) is 5. The van der Waals surface area contributed by atoms with E-state index in [0.29, 0.717) is 30.0 Å². The Hall–Kier alpha value is -3.39. The first-order valence-corrected chi connectivity index (χ1v) is 9.29. The Morgan fingerprint density at radius 3 is 2.83 bits per heavy atom. The van der Waals surface area contributed by atoms with Crippen molar-refractivity contribution in [3.63, 3.8) is 0 Å².